The number of carboxylic acids is 3. The van der Waals surface area contributed by atoms with E-state index in [1.807, 2.05) is 13.8 Å². The van der Waals surface area contributed by atoms with Crippen molar-refractivity contribution < 1.29 is 76.9 Å². The fraction of sp³-hybridized carbons (Fsp3) is 0.154. The van der Waals surface area contributed by atoms with E-state index in [-0.39, 0.29) is 42.1 Å². The van der Waals surface area contributed by atoms with Crippen molar-refractivity contribution in [1.82, 2.24) is 0 Å². The van der Waals surface area contributed by atoms with Crippen molar-refractivity contribution in [3.05, 3.63) is 119 Å². The molecule has 0 bridgehead atoms. The maximum Gasteiger partial charge on any atom is 2.00 e. The van der Waals surface area contributed by atoms with Crippen LogP contribution in [-0.4, -0.2) is 44.9 Å². The van der Waals surface area contributed by atoms with Gasteiger partial charge in [-0.2, -0.15) is 58.7 Å². The van der Waals surface area contributed by atoms with E-state index in [1.54, 1.807) is 0 Å². The van der Waals surface area contributed by atoms with Gasteiger partial charge in [-0.1, -0.05) is 74.9 Å². The van der Waals surface area contributed by atoms with Crippen molar-refractivity contribution in [2.24, 2.45) is 0 Å². The third kappa shape index (κ3) is 10.4. The van der Waals surface area contributed by atoms with Crippen LogP contribution in [0.15, 0.2) is 84.9 Å². The summed E-state index contributed by atoms with van der Waals surface area (Å²) in [6.07, 6.45) is 10.1. The molecule has 6 aromatic carbocycles. The molecule has 0 radical (unpaired) electrons. The summed E-state index contributed by atoms with van der Waals surface area (Å²) in [5.74, 6) is -3.81. The van der Waals surface area contributed by atoms with E-state index in [1.165, 1.54) is 64.7 Å². The molecule has 0 aliphatic rings. The molecule has 48 heavy (non-hydrogen) atoms. The number of rotatable bonds is 5. The number of carbonyl (C=O) groups is 3. The zero-order valence-corrected chi connectivity index (χ0v) is 31.3. The van der Waals surface area contributed by atoms with Crippen molar-refractivity contribution >= 4 is 73.1 Å². The molecule has 4 N–H and O–H groups in total. The minimum absolute atomic E-state index is 0. The topological polar surface area (TPSA) is 132 Å². The van der Waals surface area contributed by atoms with Gasteiger partial charge >= 0.3 is 60.0 Å². The number of aliphatic hydroxyl groups is 1. The summed E-state index contributed by atoms with van der Waals surface area (Å²) in [6, 6.07) is 30.4. The largest absolute Gasteiger partial charge is 2.00 e. The van der Waals surface area contributed by atoms with Crippen LogP contribution in [0.3, 0.4) is 0 Å². The van der Waals surface area contributed by atoms with Gasteiger partial charge in [0.15, 0.2) is 0 Å². The Morgan fingerprint density at radius 3 is 1.08 bits per heavy atom. The Hall–Kier alpha value is -4.15. The third-order valence-electron chi connectivity index (χ3n) is 7.22. The normalized spacial score (nSPS) is 10.8. The molecule has 254 valence electrons. The first-order valence-corrected chi connectivity index (χ1v) is 14.5. The zero-order chi connectivity index (χ0) is 33.8. The average molecular weight is 1010 g/mol. The first-order chi connectivity index (χ1) is 22.1. The molecular formula is C39H36O7Pt2. The molecule has 7 nitrogen and oxygen atoms in total. The van der Waals surface area contributed by atoms with Crippen molar-refractivity contribution in [2.75, 3.05) is 6.61 Å². The van der Waals surface area contributed by atoms with Crippen LogP contribution in [0.2, 0.25) is 0 Å². The second-order valence-corrected chi connectivity index (χ2v) is 10.0. The van der Waals surface area contributed by atoms with Gasteiger partial charge in [-0.15, -0.1) is 35.0 Å². The van der Waals surface area contributed by atoms with E-state index in [2.05, 4.69) is 124 Å². The first kappa shape index (κ1) is 41.9. The fourth-order valence-corrected chi connectivity index (χ4v) is 5.25. The van der Waals surface area contributed by atoms with Crippen LogP contribution in [0.4, 0.5) is 0 Å². The SMILES string of the molecule is C[C-]=c1ccc2cccc3ccc([CH-]C)c1c32.C[C-]=c1ccc2cccc3ccc([CH-]C)c1c32.O=C(O)CC(=O)O.O=C(O)CO.[Pt+2].[Pt+2]. The molecule has 0 aromatic heterocycles. The Labute approximate surface area is 308 Å². The van der Waals surface area contributed by atoms with Crippen LogP contribution in [0, 0.1) is 12.8 Å². The first-order valence-electron chi connectivity index (χ1n) is 14.5. The number of hydrogen-bond acceptors (Lipinski definition) is 4. The van der Waals surface area contributed by atoms with Gasteiger partial charge in [-0.3, -0.25) is 9.59 Å². The summed E-state index contributed by atoms with van der Waals surface area (Å²) in [6.45, 7) is 7.36. The van der Waals surface area contributed by atoms with E-state index >= 15 is 0 Å². The van der Waals surface area contributed by atoms with Gasteiger partial charge in [-0.25, -0.2) is 16.9 Å². The Bertz CT molecular complexity index is 1930. The van der Waals surface area contributed by atoms with Crippen LogP contribution < -0.4 is 10.4 Å². The number of benzene rings is 6. The monoisotopic (exact) mass is 1010 g/mol. The predicted molar refractivity (Wildman–Crippen MR) is 184 cm³/mol. The van der Waals surface area contributed by atoms with Gasteiger partial charge in [-0.05, 0) is 21.5 Å². The standard InChI is InChI=1S/2C17H14.C3H4O4.C2H4O3.2Pt/c2*1-3-12-8-10-14-6-5-7-15-11-9-13(4-2)16(12)17(14)15;4-2(5)1-3(6)7;3-1-2(4)5;;/h2*3,5-11H,1-2H3;1H2,(H,4,5)(H,6,7);3H,1H2,(H,4,5);;/q2*-2;;;2*+2. The van der Waals surface area contributed by atoms with Crippen LogP contribution >= 0.6 is 0 Å². The zero-order valence-electron chi connectivity index (χ0n) is 26.8. The van der Waals surface area contributed by atoms with Crippen molar-refractivity contribution in [2.45, 2.75) is 34.1 Å². The average Bonchev–Trinajstić information content (AvgIpc) is 3.06. The molecule has 0 spiro atoms. The van der Waals surface area contributed by atoms with E-state index in [4.69, 9.17) is 25.2 Å². The van der Waals surface area contributed by atoms with Crippen LogP contribution in [0.25, 0.3) is 55.2 Å². The van der Waals surface area contributed by atoms with Gasteiger partial charge in [0.2, 0.25) is 0 Å². The van der Waals surface area contributed by atoms with Gasteiger partial charge in [0, 0.05) is 0 Å². The predicted octanol–water partition coefficient (Wildman–Crippen LogP) is 6.53. The van der Waals surface area contributed by atoms with Crippen molar-refractivity contribution in [1.29, 1.82) is 0 Å². The second-order valence-electron chi connectivity index (χ2n) is 10.0. The molecule has 0 atom stereocenters. The van der Waals surface area contributed by atoms with E-state index in [0.717, 1.165) is 0 Å². The van der Waals surface area contributed by atoms with Crippen LogP contribution in [-0.2, 0) is 56.5 Å². The maximum absolute atomic E-state index is 9.43. The van der Waals surface area contributed by atoms with Crippen molar-refractivity contribution in [3.8, 4) is 0 Å². The molecule has 0 saturated carbocycles. The molecule has 9 heteroatoms. The van der Waals surface area contributed by atoms with Gasteiger partial charge in [0.05, 0.1) is 0 Å². The minimum Gasteiger partial charge on any atom is -0.481 e. The summed E-state index contributed by atoms with van der Waals surface area (Å²) >= 11 is 0. The van der Waals surface area contributed by atoms with Gasteiger partial charge < -0.3 is 20.4 Å². The van der Waals surface area contributed by atoms with Gasteiger partial charge in [0.25, 0.3) is 0 Å². The molecule has 0 heterocycles. The molecule has 0 amide bonds. The Balaban J connectivity index is 0.000000352. The third-order valence-corrected chi connectivity index (χ3v) is 7.22. The van der Waals surface area contributed by atoms with Gasteiger partial charge in [0.1, 0.15) is 13.0 Å². The Morgan fingerprint density at radius 2 is 0.854 bits per heavy atom. The van der Waals surface area contributed by atoms with Crippen molar-refractivity contribution in [3.63, 3.8) is 0 Å². The summed E-state index contributed by atoms with van der Waals surface area (Å²) in [4.78, 5) is 28.0. The van der Waals surface area contributed by atoms with Crippen LogP contribution in [0.1, 0.15) is 45.2 Å². The number of hydrogen-bond donors (Lipinski definition) is 4. The number of aliphatic hydroxyl groups excluding tert-OH is 1. The Morgan fingerprint density at radius 1 is 0.542 bits per heavy atom. The molecule has 0 aliphatic heterocycles. The molecular weight excluding hydrogens is 971 g/mol. The van der Waals surface area contributed by atoms with E-state index < -0.39 is 30.9 Å². The van der Waals surface area contributed by atoms with E-state index in [9.17, 15) is 9.59 Å². The van der Waals surface area contributed by atoms with Crippen LogP contribution in [0.5, 0.6) is 0 Å². The summed E-state index contributed by atoms with van der Waals surface area (Å²) in [7, 11) is 0. The number of carboxylic acid groups (broad SMARTS) is 3. The second kappa shape index (κ2) is 20.3. The Kier molecular flexibility index (Phi) is 17.7. The molecule has 6 aromatic rings. The smallest absolute Gasteiger partial charge is 0.481 e. The molecule has 0 unspecified atom stereocenters. The molecule has 0 aliphatic carbocycles. The summed E-state index contributed by atoms with van der Waals surface area (Å²) < 4.78 is 0. The minimum atomic E-state index is -1.31. The fourth-order valence-electron chi connectivity index (χ4n) is 5.25. The summed E-state index contributed by atoms with van der Waals surface area (Å²) in [5.41, 5.74) is 2.58. The molecule has 6 rings (SSSR count). The quantitative estimate of drug-likeness (QED) is 0.114. The molecule has 0 saturated heterocycles. The number of aliphatic carboxylic acids is 3. The van der Waals surface area contributed by atoms with E-state index in [0.29, 0.717) is 0 Å². The summed E-state index contributed by atoms with van der Waals surface area (Å²) in [5, 5.41) is 43.4. The molecule has 0 fully saturated rings. The maximum atomic E-state index is 9.43.